The third-order valence-corrected chi connectivity index (χ3v) is 4.62. The van der Waals surface area contributed by atoms with Crippen molar-refractivity contribution in [2.24, 2.45) is 0 Å². The van der Waals surface area contributed by atoms with Gasteiger partial charge in [0.05, 0.1) is 54.4 Å². The lowest BCUT2D eigenvalue weighted by atomic mass is 10.3. The monoisotopic (exact) mass is 320 g/mol. The van der Waals surface area contributed by atoms with Gasteiger partial charge < -0.3 is 39.4 Å². The van der Waals surface area contributed by atoms with Crippen molar-refractivity contribution in [2.45, 2.75) is 12.8 Å². The molecule has 1 rings (SSSR count). The first-order chi connectivity index (χ1) is 9.83. The highest BCUT2D eigenvalue weighted by Crippen LogP contribution is 2.13. The summed E-state index contributed by atoms with van der Waals surface area (Å²) in [6, 6.07) is 0. The van der Waals surface area contributed by atoms with Gasteiger partial charge >= 0.3 is 0 Å². The zero-order chi connectivity index (χ0) is 17.1. The van der Waals surface area contributed by atoms with E-state index in [1.165, 1.54) is 0 Å². The van der Waals surface area contributed by atoms with Crippen LogP contribution in [-0.2, 0) is 0 Å². The van der Waals surface area contributed by atoms with Gasteiger partial charge in [-0.25, -0.2) is 0 Å². The van der Waals surface area contributed by atoms with Crippen LogP contribution in [0.25, 0.3) is 0 Å². The molecule has 1 aliphatic heterocycles. The Labute approximate surface area is 133 Å². The molecule has 1 saturated heterocycles. The molecule has 0 bridgehead atoms. The maximum Gasteiger partial charge on any atom is 0.128 e. The van der Waals surface area contributed by atoms with Crippen LogP contribution in [0.15, 0.2) is 0 Å². The van der Waals surface area contributed by atoms with Crippen LogP contribution in [0.1, 0.15) is 12.8 Å². The molecule has 4 unspecified atom stereocenters. The Morgan fingerprint density at radius 3 is 0.773 bits per heavy atom. The molecule has 0 N–H and O–H groups in total. The molecule has 22 heavy (non-hydrogen) atoms. The smallest absolute Gasteiger partial charge is 0.128 e. The quantitative estimate of drug-likeness (QED) is 0.481. The average molecular weight is 320 g/mol. The summed E-state index contributed by atoms with van der Waals surface area (Å²) in [7, 11) is 6.25. The molecule has 0 aromatic carbocycles. The predicted octanol–water partition coefficient (Wildman–Crippen LogP) is 0.558. The van der Waals surface area contributed by atoms with Crippen molar-refractivity contribution < 1.29 is 18.6 Å². The van der Waals surface area contributed by atoms with Crippen molar-refractivity contribution in [1.29, 1.82) is 0 Å². The molecule has 0 saturated carbocycles. The van der Waals surface area contributed by atoms with E-state index in [1.807, 2.05) is 0 Å². The lowest BCUT2D eigenvalue weighted by molar-refractivity contribution is -0.936. The zero-order valence-electron chi connectivity index (χ0n) is 14.5. The molecule has 1 heterocycles. The fourth-order valence-electron chi connectivity index (χ4n) is 2.77. The van der Waals surface area contributed by atoms with Crippen molar-refractivity contribution in [3.8, 4) is 0 Å². The van der Waals surface area contributed by atoms with Crippen molar-refractivity contribution in [1.82, 2.24) is 0 Å². The number of quaternary nitrogens is 4. The summed E-state index contributed by atoms with van der Waals surface area (Å²) in [6.07, 6.45) is 1.01. The molecule has 0 spiro atoms. The fourth-order valence-corrected chi connectivity index (χ4v) is 2.77. The highest BCUT2D eigenvalue weighted by Gasteiger charge is 2.23. The molecule has 8 nitrogen and oxygen atoms in total. The Hall–Kier alpha value is -0.320. The van der Waals surface area contributed by atoms with Crippen LogP contribution in [0.2, 0.25) is 0 Å². The van der Waals surface area contributed by atoms with Crippen LogP contribution in [-0.4, -0.2) is 99.1 Å². The van der Waals surface area contributed by atoms with Crippen LogP contribution in [0, 0.1) is 20.8 Å². The molecule has 0 amide bonds. The number of hydrogen-bond acceptors (Lipinski definition) is 4. The van der Waals surface area contributed by atoms with Gasteiger partial charge in [0.1, 0.15) is 26.2 Å². The highest BCUT2D eigenvalue weighted by atomic mass is 16.6. The Morgan fingerprint density at radius 2 is 0.591 bits per heavy atom. The minimum Gasteiger partial charge on any atom is -0.633 e. The Balaban J connectivity index is 2.74. The first-order valence-corrected chi connectivity index (χ1v) is 8.05. The van der Waals surface area contributed by atoms with E-state index in [1.54, 1.807) is 28.2 Å². The van der Waals surface area contributed by atoms with Crippen LogP contribution < -0.4 is 0 Å². The molecule has 0 radical (unpaired) electrons. The van der Waals surface area contributed by atoms with Crippen LogP contribution in [0.4, 0.5) is 0 Å². The topological polar surface area (TPSA) is 92.2 Å². The summed E-state index contributed by atoms with van der Waals surface area (Å²) in [5.41, 5.74) is 0. The summed E-state index contributed by atoms with van der Waals surface area (Å²) in [5, 5.41) is 49.4. The van der Waals surface area contributed by atoms with E-state index in [4.69, 9.17) is 0 Å². The number of nitrogens with zero attached hydrogens (tertiary/aromatic N) is 4. The molecular formula is C14H32N4O4. The highest BCUT2D eigenvalue weighted by molar-refractivity contribution is 4.50. The van der Waals surface area contributed by atoms with E-state index in [2.05, 4.69) is 0 Å². The van der Waals surface area contributed by atoms with Gasteiger partial charge in [-0.2, -0.15) is 0 Å². The van der Waals surface area contributed by atoms with E-state index in [0.29, 0.717) is 39.0 Å². The Kier molecular flexibility index (Phi) is 6.33. The van der Waals surface area contributed by atoms with Crippen molar-refractivity contribution >= 4 is 0 Å². The summed E-state index contributed by atoms with van der Waals surface area (Å²) in [6.45, 7) is 2.30. The second-order valence-electron chi connectivity index (χ2n) is 7.68. The van der Waals surface area contributed by atoms with Gasteiger partial charge in [-0.3, -0.25) is 0 Å². The number of hydrogen-bond donors (Lipinski definition) is 0. The van der Waals surface area contributed by atoms with Gasteiger partial charge in [-0.15, -0.1) is 0 Å². The molecule has 8 heteroatoms. The van der Waals surface area contributed by atoms with Gasteiger partial charge in [0, 0.05) is 12.8 Å². The van der Waals surface area contributed by atoms with E-state index >= 15 is 0 Å². The largest absolute Gasteiger partial charge is 0.633 e. The molecule has 4 atom stereocenters. The second kappa shape index (κ2) is 7.06. The summed E-state index contributed by atoms with van der Waals surface area (Å²) in [5.74, 6) is 0. The molecule has 1 fully saturated rings. The summed E-state index contributed by atoms with van der Waals surface area (Å²) >= 11 is 0. The maximum absolute atomic E-state index is 12.3. The van der Waals surface area contributed by atoms with E-state index in [0.717, 1.165) is 0 Å². The van der Waals surface area contributed by atoms with Gasteiger partial charge in [0.15, 0.2) is 0 Å². The van der Waals surface area contributed by atoms with Crippen LogP contribution in [0.3, 0.4) is 0 Å². The Morgan fingerprint density at radius 1 is 0.409 bits per heavy atom. The first kappa shape index (κ1) is 19.7. The van der Waals surface area contributed by atoms with E-state index in [9.17, 15) is 20.8 Å². The lowest BCUT2D eigenvalue weighted by Crippen LogP contribution is -2.54. The van der Waals surface area contributed by atoms with Gasteiger partial charge in [0.25, 0.3) is 0 Å². The molecule has 0 aromatic heterocycles. The molecular weight excluding hydrogens is 288 g/mol. The van der Waals surface area contributed by atoms with Gasteiger partial charge in [-0.05, 0) is 0 Å². The van der Waals surface area contributed by atoms with E-state index in [-0.39, 0.29) is 26.2 Å². The third-order valence-electron chi connectivity index (χ3n) is 4.62. The standard InChI is InChI=1S/C14H32N4O4/c1-15(19)7-5-8-17(3,21)13-14-18(4,22)10-6-9-16(2,20)12-11-15/h5-14H2,1-4H3. The minimum absolute atomic E-state index is 0.242. The SMILES string of the molecule is C[N+]1([O-])CCC[N+](C)([O-])CC[N+](C)([O-])CCC[N+](C)([O-])CC1. The van der Waals surface area contributed by atoms with Gasteiger partial charge in [-0.1, -0.05) is 0 Å². The molecule has 132 valence electrons. The predicted molar refractivity (Wildman–Crippen MR) is 86.4 cm³/mol. The fraction of sp³-hybridized carbons (Fsp3) is 1.00. The number of likely N-dealkylation sites (N-methyl/N-ethyl adjacent to an activating group) is 4. The normalized spacial score (nSPS) is 46.9. The van der Waals surface area contributed by atoms with Gasteiger partial charge in [0.2, 0.25) is 0 Å². The van der Waals surface area contributed by atoms with Crippen molar-refractivity contribution in [3.05, 3.63) is 20.8 Å². The van der Waals surface area contributed by atoms with Crippen molar-refractivity contribution in [2.75, 3.05) is 80.5 Å². The lowest BCUT2D eigenvalue weighted by Gasteiger charge is -2.48. The minimum atomic E-state index is -0.481. The zero-order valence-corrected chi connectivity index (χ0v) is 14.5. The van der Waals surface area contributed by atoms with E-state index < -0.39 is 18.6 Å². The average Bonchev–Trinajstić information content (AvgIpc) is 2.33. The number of hydroxylamine groups is 12. The van der Waals surface area contributed by atoms with Crippen molar-refractivity contribution in [3.63, 3.8) is 0 Å². The Bertz CT molecular complexity index is 293. The first-order valence-electron chi connectivity index (χ1n) is 8.05. The molecule has 0 aliphatic carbocycles. The third kappa shape index (κ3) is 7.80. The van der Waals surface area contributed by atoms with Crippen LogP contribution in [0.5, 0.6) is 0 Å². The van der Waals surface area contributed by atoms with Crippen LogP contribution >= 0.6 is 0 Å². The summed E-state index contributed by atoms with van der Waals surface area (Å²) in [4.78, 5) is 0. The molecule has 1 aliphatic rings. The number of rotatable bonds is 0. The maximum atomic E-state index is 12.3. The molecule has 0 aromatic rings. The summed E-state index contributed by atoms with van der Waals surface area (Å²) < 4.78 is -1.92. The second-order valence-corrected chi connectivity index (χ2v) is 7.68.